The van der Waals surface area contributed by atoms with Crippen molar-refractivity contribution in [1.82, 2.24) is 0 Å². The van der Waals surface area contributed by atoms with Gasteiger partial charge in [0.2, 0.25) is 5.43 Å². The van der Waals surface area contributed by atoms with Crippen LogP contribution < -0.4 is 15.9 Å². The van der Waals surface area contributed by atoms with Gasteiger partial charge in [-0.3, -0.25) is 4.79 Å². The molecule has 0 unspecified atom stereocenters. The highest BCUT2D eigenvalue weighted by atomic mass is 32.1. The number of hydrogen-bond donors (Lipinski definition) is 2. The number of esters is 1. The normalized spacial score (nSPS) is 12.5. The van der Waals surface area contributed by atoms with Gasteiger partial charge in [0.15, 0.2) is 0 Å². The van der Waals surface area contributed by atoms with Crippen LogP contribution in [0.15, 0.2) is 51.7 Å². The Labute approximate surface area is 131 Å². The molecule has 0 saturated carbocycles. The molecule has 5 nitrogen and oxygen atoms in total. The third-order valence-electron chi connectivity index (χ3n) is 3.27. The molecule has 0 aliphatic carbocycles. The van der Waals surface area contributed by atoms with Crippen molar-refractivity contribution < 1.29 is 13.9 Å². The fourth-order valence-electron chi connectivity index (χ4n) is 2.11. The van der Waals surface area contributed by atoms with Crippen LogP contribution in [0, 0.1) is 0 Å². The van der Waals surface area contributed by atoms with E-state index in [1.807, 2.05) is 0 Å². The summed E-state index contributed by atoms with van der Waals surface area (Å²) in [5.41, 5.74) is 6.26. The van der Waals surface area contributed by atoms with Gasteiger partial charge < -0.3 is 14.9 Å². The molecule has 0 fully saturated rings. The van der Waals surface area contributed by atoms with Gasteiger partial charge in [-0.05, 0) is 24.3 Å². The van der Waals surface area contributed by atoms with Crippen LogP contribution in [0.25, 0.3) is 21.9 Å². The van der Waals surface area contributed by atoms with Crippen molar-refractivity contribution in [3.63, 3.8) is 0 Å². The summed E-state index contributed by atoms with van der Waals surface area (Å²) in [7, 11) is 0. The van der Waals surface area contributed by atoms with Gasteiger partial charge in [-0.25, -0.2) is 4.79 Å². The monoisotopic (exact) mass is 315 g/mol. The zero-order valence-electron chi connectivity index (χ0n) is 11.5. The molecule has 0 amide bonds. The summed E-state index contributed by atoms with van der Waals surface area (Å²) in [5, 5.41) is 0.939. The summed E-state index contributed by atoms with van der Waals surface area (Å²) in [4.78, 5) is 24.0. The molecule has 0 saturated heterocycles. The Bertz CT molecular complexity index is 919. The third kappa shape index (κ3) is 2.58. The maximum atomic E-state index is 12.4. The zero-order valence-corrected chi connectivity index (χ0v) is 12.4. The first-order chi connectivity index (χ1) is 10.6. The quantitative estimate of drug-likeness (QED) is 0.335. The van der Waals surface area contributed by atoms with Gasteiger partial charge in [0.1, 0.15) is 23.0 Å². The van der Waals surface area contributed by atoms with Crippen LogP contribution in [0.1, 0.15) is 0 Å². The van der Waals surface area contributed by atoms with E-state index in [-0.39, 0.29) is 16.9 Å². The molecule has 0 bridgehead atoms. The van der Waals surface area contributed by atoms with Gasteiger partial charge in [0.05, 0.1) is 10.8 Å². The molecule has 2 N–H and O–H groups in total. The summed E-state index contributed by atoms with van der Waals surface area (Å²) in [6.45, 7) is 0. The van der Waals surface area contributed by atoms with Crippen molar-refractivity contribution in [3.8, 4) is 5.75 Å². The number of ether oxygens (including phenoxy) is 1. The lowest BCUT2D eigenvalue weighted by Gasteiger charge is -2.09. The standard InChI is InChI=1S/C16H13NO4S/c17-12(8-22)16(19)20-9-5-6-11-14(7-9)21-13-4-2-1-3-10(13)15(11)18/h1-7,12,22H,8,17H2/t12-/m0/s1. The second kappa shape index (κ2) is 5.82. The van der Waals surface area contributed by atoms with E-state index < -0.39 is 12.0 Å². The first-order valence-electron chi connectivity index (χ1n) is 6.64. The van der Waals surface area contributed by atoms with Gasteiger partial charge in [-0.15, -0.1) is 0 Å². The Morgan fingerprint density at radius 2 is 1.91 bits per heavy atom. The van der Waals surface area contributed by atoms with Crippen molar-refractivity contribution in [3.05, 3.63) is 52.7 Å². The molecule has 0 spiro atoms. The molecular formula is C16H13NO4S. The topological polar surface area (TPSA) is 82.5 Å². The first-order valence-corrected chi connectivity index (χ1v) is 7.27. The summed E-state index contributed by atoms with van der Waals surface area (Å²) in [5.74, 6) is -0.128. The Hall–Kier alpha value is -2.31. The first kappa shape index (κ1) is 14.6. The molecule has 1 aromatic heterocycles. The molecule has 6 heteroatoms. The van der Waals surface area contributed by atoms with E-state index in [2.05, 4.69) is 12.6 Å². The van der Waals surface area contributed by atoms with E-state index in [1.54, 1.807) is 30.3 Å². The van der Waals surface area contributed by atoms with Crippen LogP contribution in [0.2, 0.25) is 0 Å². The second-order valence-electron chi connectivity index (χ2n) is 4.80. The largest absolute Gasteiger partial charge is 0.456 e. The van der Waals surface area contributed by atoms with Crippen LogP contribution in [0.3, 0.4) is 0 Å². The number of carbonyl (C=O) groups excluding carboxylic acids is 1. The smallest absolute Gasteiger partial charge is 0.329 e. The molecule has 1 atom stereocenters. The minimum Gasteiger partial charge on any atom is -0.456 e. The number of carbonyl (C=O) groups is 1. The number of hydrogen-bond acceptors (Lipinski definition) is 6. The van der Waals surface area contributed by atoms with Crippen LogP contribution >= 0.6 is 12.6 Å². The number of nitrogens with two attached hydrogens (primary N) is 1. The summed E-state index contributed by atoms with van der Waals surface area (Å²) < 4.78 is 10.9. The highest BCUT2D eigenvalue weighted by molar-refractivity contribution is 7.80. The van der Waals surface area contributed by atoms with E-state index >= 15 is 0 Å². The lowest BCUT2D eigenvalue weighted by Crippen LogP contribution is -2.35. The predicted molar refractivity (Wildman–Crippen MR) is 87.5 cm³/mol. The van der Waals surface area contributed by atoms with E-state index in [0.717, 1.165) is 0 Å². The molecule has 22 heavy (non-hydrogen) atoms. The SMILES string of the molecule is N[C@@H](CS)C(=O)Oc1ccc2c(=O)c3ccccc3oc2c1. The highest BCUT2D eigenvalue weighted by Gasteiger charge is 2.15. The van der Waals surface area contributed by atoms with Crippen molar-refractivity contribution in [1.29, 1.82) is 0 Å². The molecule has 112 valence electrons. The Balaban J connectivity index is 2.08. The van der Waals surface area contributed by atoms with E-state index in [9.17, 15) is 9.59 Å². The van der Waals surface area contributed by atoms with Crippen molar-refractivity contribution in [2.75, 3.05) is 5.75 Å². The van der Waals surface area contributed by atoms with Gasteiger partial charge in [0.25, 0.3) is 0 Å². The van der Waals surface area contributed by atoms with E-state index in [1.165, 1.54) is 12.1 Å². The van der Waals surface area contributed by atoms with Crippen molar-refractivity contribution >= 4 is 40.5 Å². The molecule has 0 aliphatic heterocycles. The van der Waals surface area contributed by atoms with Crippen LogP contribution in [0.4, 0.5) is 0 Å². The fourth-order valence-corrected chi connectivity index (χ4v) is 2.26. The molecular weight excluding hydrogens is 302 g/mol. The number of benzene rings is 2. The Morgan fingerprint density at radius 3 is 2.68 bits per heavy atom. The Kier molecular flexibility index (Phi) is 3.87. The van der Waals surface area contributed by atoms with Crippen LogP contribution in [-0.2, 0) is 4.79 Å². The number of para-hydroxylation sites is 1. The molecule has 3 aromatic rings. The average molecular weight is 315 g/mol. The maximum absolute atomic E-state index is 12.4. The average Bonchev–Trinajstić information content (AvgIpc) is 2.54. The van der Waals surface area contributed by atoms with Gasteiger partial charge in [-0.1, -0.05) is 12.1 Å². The summed E-state index contributed by atoms with van der Waals surface area (Å²) in [6, 6.07) is 10.8. The molecule has 3 rings (SSSR count). The maximum Gasteiger partial charge on any atom is 0.329 e. The Morgan fingerprint density at radius 1 is 1.18 bits per heavy atom. The van der Waals surface area contributed by atoms with E-state index in [0.29, 0.717) is 21.9 Å². The van der Waals surface area contributed by atoms with E-state index in [4.69, 9.17) is 14.9 Å². The number of thiol groups is 1. The molecule has 1 heterocycles. The van der Waals surface area contributed by atoms with Gasteiger partial charge in [0, 0.05) is 11.8 Å². The predicted octanol–water partition coefficient (Wildman–Crippen LogP) is 2.11. The van der Waals surface area contributed by atoms with Crippen molar-refractivity contribution in [2.24, 2.45) is 5.73 Å². The minimum atomic E-state index is -0.803. The molecule has 0 radical (unpaired) electrons. The molecule has 2 aromatic carbocycles. The van der Waals surface area contributed by atoms with Crippen LogP contribution in [0.5, 0.6) is 5.75 Å². The number of rotatable bonds is 3. The summed E-state index contributed by atoms with van der Waals surface area (Å²) in [6.07, 6.45) is 0. The number of fused-ring (bicyclic) bond motifs is 2. The third-order valence-corrected chi connectivity index (χ3v) is 3.66. The molecule has 0 aliphatic rings. The lowest BCUT2D eigenvalue weighted by atomic mass is 10.1. The fraction of sp³-hybridized carbons (Fsp3) is 0.125. The van der Waals surface area contributed by atoms with Crippen molar-refractivity contribution in [2.45, 2.75) is 6.04 Å². The summed E-state index contributed by atoms with van der Waals surface area (Å²) >= 11 is 3.95. The second-order valence-corrected chi connectivity index (χ2v) is 5.16. The lowest BCUT2D eigenvalue weighted by molar-refractivity contribution is -0.135. The van der Waals surface area contributed by atoms with Gasteiger partial charge >= 0.3 is 5.97 Å². The van der Waals surface area contributed by atoms with Gasteiger partial charge in [-0.2, -0.15) is 12.6 Å². The highest BCUT2D eigenvalue weighted by Crippen LogP contribution is 2.23. The zero-order chi connectivity index (χ0) is 15.7. The van der Waals surface area contributed by atoms with Crippen LogP contribution in [-0.4, -0.2) is 17.8 Å². The minimum absolute atomic E-state index is 0.123.